The van der Waals surface area contributed by atoms with Gasteiger partial charge in [-0.2, -0.15) is 0 Å². The molecule has 0 amide bonds. The maximum atomic E-state index is 5.76. The van der Waals surface area contributed by atoms with Gasteiger partial charge in [-0.1, -0.05) is 12.8 Å². The van der Waals surface area contributed by atoms with Crippen LogP contribution in [0.15, 0.2) is 0 Å². The van der Waals surface area contributed by atoms with E-state index in [0.717, 1.165) is 26.2 Å². The third kappa shape index (κ3) is 6.88. The van der Waals surface area contributed by atoms with Crippen LogP contribution in [0.1, 0.15) is 32.1 Å². The summed E-state index contributed by atoms with van der Waals surface area (Å²) in [6, 6.07) is 0. The molecule has 90 valence electrons. The van der Waals surface area contributed by atoms with Crippen molar-refractivity contribution in [3.63, 3.8) is 0 Å². The van der Waals surface area contributed by atoms with Crippen molar-refractivity contribution >= 4 is 0 Å². The monoisotopic (exact) mass is 214 g/mol. The summed E-state index contributed by atoms with van der Waals surface area (Å²) < 4.78 is 5.76. The fraction of sp³-hybridized carbons (Fsp3) is 1.00. The number of hydrogen-bond donors (Lipinski definition) is 1. The third-order valence-corrected chi connectivity index (χ3v) is 2.89. The van der Waals surface area contributed by atoms with E-state index in [2.05, 4.69) is 24.3 Å². The zero-order chi connectivity index (χ0) is 10.9. The molecular weight excluding hydrogens is 188 g/mol. The lowest BCUT2D eigenvalue weighted by atomic mass is 10.3. The average molecular weight is 214 g/mol. The van der Waals surface area contributed by atoms with Crippen LogP contribution in [-0.2, 0) is 4.74 Å². The summed E-state index contributed by atoms with van der Waals surface area (Å²) in [5.41, 5.74) is 0. The van der Waals surface area contributed by atoms with E-state index in [4.69, 9.17) is 4.74 Å². The van der Waals surface area contributed by atoms with E-state index in [0.29, 0.717) is 6.10 Å². The molecule has 3 nitrogen and oxygen atoms in total. The minimum atomic E-state index is 0.563. The van der Waals surface area contributed by atoms with Gasteiger partial charge in [-0.25, -0.2) is 0 Å². The summed E-state index contributed by atoms with van der Waals surface area (Å²) in [4.78, 5) is 2.22. The minimum absolute atomic E-state index is 0.563. The maximum Gasteiger partial charge on any atom is 0.0594 e. The van der Waals surface area contributed by atoms with Crippen LogP contribution in [0.2, 0.25) is 0 Å². The Bertz CT molecular complexity index is 145. The Hall–Kier alpha value is -0.120. The molecule has 1 fully saturated rings. The molecule has 1 rings (SSSR count). The largest absolute Gasteiger partial charge is 0.377 e. The molecule has 1 saturated carbocycles. The lowest BCUT2D eigenvalue weighted by Gasteiger charge is -2.12. The third-order valence-electron chi connectivity index (χ3n) is 2.89. The van der Waals surface area contributed by atoms with Crippen LogP contribution in [0.25, 0.3) is 0 Å². The second kappa shape index (κ2) is 8.08. The average Bonchev–Trinajstić information content (AvgIpc) is 2.68. The number of nitrogens with one attached hydrogen (secondary N) is 1. The van der Waals surface area contributed by atoms with Crippen molar-refractivity contribution in [3.05, 3.63) is 0 Å². The number of nitrogens with zero attached hydrogens (tertiary/aromatic N) is 1. The van der Waals surface area contributed by atoms with Crippen LogP contribution in [0.4, 0.5) is 0 Å². The summed E-state index contributed by atoms with van der Waals surface area (Å²) in [6.07, 6.45) is 7.06. The van der Waals surface area contributed by atoms with Crippen LogP contribution in [0.5, 0.6) is 0 Å². The summed E-state index contributed by atoms with van der Waals surface area (Å²) in [6.45, 7) is 4.15. The summed E-state index contributed by atoms with van der Waals surface area (Å²) in [5.74, 6) is 0. The highest BCUT2D eigenvalue weighted by molar-refractivity contribution is 4.66. The Morgan fingerprint density at radius 2 is 1.93 bits per heavy atom. The van der Waals surface area contributed by atoms with Gasteiger partial charge in [-0.3, -0.25) is 0 Å². The highest BCUT2D eigenvalue weighted by atomic mass is 16.5. The molecule has 0 aromatic heterocycles. The SMILES string of the molecule is CN(C)CCCNCCOC1CCCC1. The maximum absolute atomic E-state index is 5.76. The molecule has 3 heteroatoms. The highest BCUT2D eigenvalue weighted by Crippen LogP contribution is 2.20. The Morgan fingerprint density at radius 3 is 2.60 bits per heavy atom. The van der Waals surface area contributed by atoms with Crippen molar-refractivity contribution in [2.75, 3.05) is 40.3 Å². The molecule has 0 atom stereocenters. The van der Waals surface area contributed by atoms with Crippen molar-refractivity contribution in [3.8, 4) is 0 Å². The predicted octanol–water partition coefficient (Wildman–Crippen LogP) is 1.49. The molecule has 0 aromatic rings. The number of hydrogen-bond acceptors (Lipinski definition) is 3. The van der Waals surface area contributed by atoms with Gasteiger partial charge in [0, 0.05) is 6.54 Å². The Morgan fingerprint density at radius 1 is 1.20 bits per heavy atom. The van der Waals surface area contributed by atoms with E-state index in [-0.39, 0.29) is 0 Å². The van der Waals surface area contributed by atoms with Crippen LogP contribution >= 0.6 is 0 Å². The molecule has 0 bridgehead atoms. The lowest BCUT2D eigenvalue weighted by Crippen LogP contribution is -2.25. The molecule has 0 unspecified atom stereocenters. The van der Waals surface area contributed by atoms with Gasteiger partial charge in [0.25, 0.3) is 0 Å². The Kier molecular flexibility index (Phi) is 6.98. The van der Waals surface area contributed by atoms with Crippen molar-refractivity contribution in [1.29, 1.82) is 0 Å². The second-order valence-corrected chi connectivity index (χ2v) is 4.68. The zero-order valence-electron chi connectivity index (χ0n) is 10.3. The Labute approximate surface area is 94.2 Å². The summed E-state index contributed by atoms with van der Waals surface area (Å²) >= 11 is 0. The first-order valence-electron chi connectivity index (χ1n) is 6.26. The standard InChI is InChI=1S/C12H26N2O/c1-14(2)10-5-8-13-9-11-15-12-6-3-4-7-12/h12-13H,3-11H2,1-2H3. The van der Waals surface area contributed by atoms with E-state index in [9.17, 15) is 0 Å². The first-order chi connectivity index (χ1) is 7.29. The fourth-order valence-corrected chi connectivity index (χ4v) is 2.00. The first kappa shape index (κ1) is 12.9. The summed E-state index contributed by atoms with van der Waals surface area (Å²) in [7, 11) is 4.23. The second-order valence-electron chi connectivity index (χ2n) is 4.68. The first-order valence-corrected chi connectivity index (χ1v) is 6.26. The van der Waals surface area contributed by atoms with E-state index in [1.165, 1.54) is 32.1 Å². The molecule has 0 aromatic carbocycles. The lowest BCUT2D eigenvalue weighted by molar-refractivity contribution is 0.0604. The molecule has 0 heterocycles. The molecule has 0 saturated heterocycles. The van der Waals surface area contributed by atoms with Gasteiger partial charge >= 0.3 is 0 Å². The normalized spacial score (nSPS) is 17.8. The van der Waals surface area contributed by atoms with Gasteiger partial charge in [-0.05, 0) is 46.4 Å². The number of rotatable bonds is 8. The summed E-state index contributed by atoms with van der Waals surface area (Å²) in [5, 5.41) is 3.41. The van der Waals surface area contributed by atoms with Gasteiger partial charge in [0.15, 0.2) is 0 Å². The van der Waals surface area contributed by atoms with E-state index in [1.54, 1.807) is 0 Å². The zero-order valence-corrected chi connectivity index (χ0v) is 10.3. The van der Waals surface area contributed by atoms with Crippen LogP contribution < -0.4 is 5.32 Å². The molecule has 0 aliphatic heterocycles. The molecule has 15 heavy (non-hydrogen) atoms. The Balaban J connectivity index is 1.76. The topological polar surface area (TPSA) is 24.5 Å². The quantitative estimate of drug-likeness (QED) is 0.620. The minimum Gasteiger partial charge on any atom is -0.377 e. The van der Waals surface area contributed by atoms with Crippen LogP contribution in [0, 0.1) is 0 Å². The molecule has 1 N–H and O–H groups in total. The van der Waals surface area contributed by atoms with Crippen molar-refractivity contribution in [2.24, 2.45) is 0 Å². The molecule has 1 aliphatic carbocycles. The van der Waals surface area contributed by atoms with E-state index < -0.39 is 0 Å². The van der Waals surface area contributed by atoms with Crippen LogP contribution in [-0.4, -0.2) is 51.3 Å². The smallest absolute Gasteiger partial charge is 0.0594 e. The molecule has 0 spiro atoms. The van der Waals surface area contributed by atoms with Gasteiger partial charge in [0.2, 0.25) is 0 Å². The van der Waals surface area contributed by atoms with Crippen molar-refractivity contribution in [1.82, 2.24) is 10.2 Å². The van der Waals surface area contributed by atoms with Gasteiger partial charge < -0.3 is 15.0 Å². The van der Waals surface area contributed by atoms with Crippen molar-refractivity contribution in [2.45, 2.75) is 38.2 Å². The van der Waals surface area contributed by atoms with Gasteiger partial charge in [0.1, 0.15) is 0 Å². The van der Waals surface area contributed by atoms with Crippen molar-refractivity contribution < 1.29 is 4.74 Å². The fourth-order valence-electron chi connectivity index (χ4n) is 2.00. The molecule has 1 aliphatic rings. The highest BCUT2D eigenvalue weighted by Gasteiger charge is 2.14. The molecule has 0 radical (unpaired) electrons. The predicted molar refractivity (Wildman–Crippen MR) is 64.2 cm³/mol. The van der Waals surface area contributed by atoms with E-state index in [1.807, 2.05) is 0 Å². The molecular formula is C12H26N2O. The van der Waals surface area contributed by atoms with E-state index >= 15 is 0 Å². The van der Waals surface area contributed by atoms with Gasteiger partial charge in [0.05, 0.1) is 12.7 Å². The van der Waals surface area contributed by atoms with Crippen LogP contribution in [0.3, 0.4) is 0 Å². The van der Waals surface area contributed by atoms with Gasteiger partial charge in [-0.15, -0.1) is 0 Å². The number of ether oxygens (including phenoxy) is 1.